The van der Waals surface area contributed by atoms with Crippen molar-refractivity contribution in [3.8, 4) is 5.75 Å². The molecule has 6 heteroatoms. The number of esters is 1. The first kappa shape index (κ1) is 16.8. The van der Waals surface area contributed by atoms with Crippen LogP contribution in [0.5, 0.6) is 5.75 Å². The van der Waals surface area contributed by atoms with Crippen LogP contribution >= 0.6 is 0 Å². The molecule has 0 aliphatic carbocycles. The second kappa shape index (κ2) is 8.14. The number of benzene rings is 1. The molecular weight excluding hydrogens is 272 g/mol. The summed E-state index contributed by atoms with van der Waals surface area (Å²) in [6.07, 6.45) is 0.722. The number of nitrogens with two attached hydrogens (primary N) is 1. The van der Waals surface area contributed by atoms with Crippen LogP contribution in [0.15, 0.2) is 18.2 Å². The quantitative estimate of drug-likeness (QED) is 0.611. The second-order valence-electron chi connectivity index (χ2n) is 4.46. The maximum absolute atomic E-state index is 12.7. The molecule has 0 bridgehead atoms. The normalized spacial score (nSPS) is 10.0. The highest BCUT2D eigenvalue weighted by atomic mass is 16.5. The Morgan fingerprint density at radius 2 is 2.00 bits per heavy atom. The molecule has 0 fully saturated rings. The average Bonchev–Trinajstić information content (AvgIpc) is 2.46. The number of rotatable bonds is 7. The number of methoxy groups -OCH3 is 1. The largest absolute Gasteiger partial charge is 0.493 e. The Kier molecular flexibility index (Phi) is 6.52. The Bertz CT molecular complexity index is 502. The highest BCUT2D eigenvalue weighted by Gasteiger charge is 2.23. The van der Waals surface area contributed by atoms with Crippen LogP contribution in [0.2, 0.25) is 0 Å². The number of ether oxygens (including phenoxy) is 2. The van der Waals surface area contributed by atoms with Crippen molar-refractivity contribution in [2.24, 2.45) is 0 Å². The summed E-state index contributed by atoms with van der Waals surface area (Å²) in [5.74, 6) is -0.374. The molecule has 0 heterocycles. The van der Waals surface area contributed by atoms with Gasteiger partial charge in [-0.25, -0.2) is 0 Å². The summed E-state index contributed by atoms with van der Waals surface area (Å²) in [5.41, 5.74) is 6.53. The summed E-state index contributed by atoms with van der Waals surface area (Å²) in [7, 11) is 1.29. The van der Waals surface area contributed by atoms with Gasteiger partial charge in [0.1, 0.15) is 17.9 Å². The SMILES string of the molecule is CCCN(CC(=O)OC)C(=O)c1c(N)cccc1OCC. The lowest BCUT2D eigenvalue weighted by molar-refractivity contribution is -0.141. The fourth-order valence-corrected chi connectivity index (χ4v) is 1.95. The van der Waals surface area contributed by atoms with Gasteiger partial charge in [0.25, 0.3) is 5.91 Å². The Labute approximate surface area is 124 Å². The van der Waals surface area contributed by atoms with Crippen LogP contribution in [0, 0.1) is 0 Å². The average molecular weight is 294 g/mol. The first-order valence-corrected chi connectivity index (χ1v) is 6.92. The van der Waals surface area contributed by atoms with Crippen molar-refractivity contribution >= 4 is 17.6 Å². The number of nitrogen functional groups attached to an aromatic ring is 1. The van der Waals surface area contributed by atoms with Crippen LogP contribution in [0.1, 0.15) is 30.6 Å². The van der Waals surface area contributed by atoms with Gasteiger partial charge in [-0.3, -0.25) is 9.59 Å². The molecule has 0 unspecified atom stereocenters. The number of hydrogen-bond donors (Lipinski definition) is 1. The lowest BCUT2D eigenvalue weighted by Gasteiger charge is -2.22. The Hall–Kier alpha value is -2.24. The molecule has 6 nitrogen and oxygen atoms in total. The van der Waals surface area contributed by atoms with Gasteiger partial charge >= 0.3 is 5.97 Å². The summed E-state index contributed by atoms with van der Waals surface area (Å²) in [6.45, 7) is 4.51. The molecule has 0 saturated heterocycles. The Morgan fingerprint density at radius 3 is 2.57 bits per heavy atom. The summed E-state index contributed by atoms with van der Waals surface area (Å²) in [5, 5.41) is 0. The highest BCUT2D eigenvalue weighted by Crippen LogP contribution is 2.26. The van der Waals surface area contributed by atoms with Crippen molar-refractivity contribution in [3.05, 3.63) is 23.8 Å². The summed E-state index contributed by atoms with van der Waals surface area (Å²) >= 11 is 0. The maximum atomic E-state index is 12.7. The molecule has 0 atom stereocenters. The van der Waals surface area contributed by atoms with E-state index in [0.717, 1.165) is 6.42 Å². The van der Waals surface area contributed by atoms with Crippen molar-refractivity contribution in [3.63, 3.8) is 0 Å². The molecule has 0 spiro atoms. The maximum Gasteiger partial charge on any atom is 0.325 e. The van der Waals surface area contributed by atoms with Crippen molar-refractivity contribution in [2.75, 3.05) is 32.5 Å². The van der Waals surface area contributed by atoms with Crippen LogP contribution in [0.4, 0.5) is 5.69 Å². The monoisotopic (exact) mass is 294 g/mol. The second-order valence-corrected chi connectivity index (χ2v) is 4.46. The molecule has 1 aromatic carbocycles. The van der Waals surface area contributed by atoms with Crippen molar-refractivity contribution in [1.29, 1.82) is 0 Å². The van der Waals surface area contributed by atoms with Crippen LogP contribution in [0.25, 0.3) is 0 Å². The van der Waals surface area contributed by atoms with Gasteiger partial charge in [-0.2, -0.15) is 0 Å². The minimum atomic E-state index is -0.468. The minimum absolute atomic E-state index is 0.108. The topological polar surface area (TPSA) is 81.9 Å². The Balaban J connectivity index is 3.10. The van der Waals surface area contributed by atoms with E-state index in [-0.39, 0.29) is 18.0 Å². The number of nitrogens with zero attached hydrogens (tertiary/aromatic N) is 1. The molecule has 116 valence electrons. The van der Waals surface area contributed by atoms with E-state index in [1.165, 1.54) is 12.0 Å². The molecule has 1 rings (SSSR count). The molecule has 1 amide bonds. The van der Waals surface area contributed by atoms with Gasteiger partial charge in [-0.05, 0) is 25.5 Å². The van der Waals surface area contributed by atoms with Gasteiger partial charge in [-0.15, -0.1) is 0 Å². The smallest absolute Gasteiger partial charge is 0.325 e. The van der Waals surface area contributed by atoms with Crippen molar-refractivity contribution in [1.82, 2.24) is 4.90 Å². The lowest BCUT2D eigenvalue weighted by Crippen LogP contribution is -2.37. The Morgan fingerprint density at radius 1 is 1.29 bits per heavy atom. The third-order valence-electron chi connectivity index (χ3n) is 2.90. The summed E-state index contributed by atoms with van der Waals surface area (Å²) < 4.78 is 10.1. The van der Waals surface area contributed by atoms with E-state index >= 15 is 0 Å². The zero-order valence-corrected chi connectivity index (χ0v) is 12.7. The van der Waals surface area contributed by atoms with Gasteiger partial charge in [0, 0.05) is 12.2 Å². The standard InChI is InChI=1S/C15H22N2O4/c1-4-9-17(10-13(18)20-3)15(19)14-11(16)7-6-8-12(14)21-5-2/h6-8H,4-5,9-10,16H2,1-3H3. The van der Waals surface area contributed by atoms with Crippen LogP contribution in [-0.2, 0) is 9.53 Å². The summed E-state index contributed by atoms with van der Waals surface area (Å²) in [6, 6.07) is 5.05. The van der Waals surface area contributed by atoms with Gasteiger partial charge in [0.15, 0.2) is 0 Å². The predicted octanol–water partition coefficient (Wildman–Crippen LogP) is 1.69. The fourth-order valence-electron chi connectivity index (χ4n) is 1.95. The number of amides is 1. The number of hydrogen-bond acceptors (Lipinski definition) is 5. The van der Waals surface area contributed by atoms with E-state index in [0.29, 0.717) is 24.6 Å². The molecule has 21 heavy (non-hydrogen) atoms. The van der Waals surface area contributed by atoms with Gasteiger partial charge in [0.05, 0.1) is 13.7 Å². The molecule has 0 saturated carbocycles. The first-order chi connectivity index (χ1) is 10.0. The van der Waals surface area contributed by atoms with Gasteiger partial charge in [0.2, 0.25) is 0 Å². The van der Waals surface area contributed by atoms with E-state index in [1.807, 2.05) is 13.8 Å². The van der Waals surface area contributed by atoms with E-state index in [4.69, 9.17) is 10.5 Å². The van der Waals surface area contributed by atoms with Gasteiger partial charge in [-0.1, -0.05) is 13.0 Å². The van der Waals surface area contributed by atoms with E-state index in [9.17, 15) is 9.59 Å². The predicted molar refractivity (Wildman–Crippen MR) is 80.2 cm³/mol. The zero-order valence-electron chi connectivity index (χ0n) is 12.7. The number of carbonyl (C=O) groups excluding carboxylic acids is 2. The van der Waals surface area contributed by atoms with E-state index in [2.05, 4.69) is 4.74 Å². The highest BCUT2D eigenvalue weighted by molar-refractivity contribution is 6.02. The molecule has 2 N–H and O–H groups in total. The zero-order chi connectivity index (χ0) is 15.8. The minimum Gasteiger partial charge on any atom is -0.493 e. The van der Waals surface area contributed by atoms with Crippen molar-refractivity contribution < 1.29 is 19.1 Å². The van der Waals surface area contributed by atoms with Crippen LogP contribution < -0.4 is 10.5 Å². The molecule has 1 aromatic rings. The van der Waals surface area contributed by atoms with Gasteiger partial charge < -0.3 is 20.1 Å². The van der Waals surface area contributed by atoms with E-state index < -0.39 is 5.97 Å². The van der Waals surface area contributed by atoms with Crippen LogP contribution in [-0.4, -0.2) is 43.6 Å². The summed E-state index contributed by atoms with van der Waals surface area (Å²) in [4.78, 5) is 25.5. The molecule has 0 aliphatic rings. The third-order valence-corrected chi connectivity index (χ3v) is 2.90. The molecule has 0 aromatic heterocycles. The number of anilines is 1. The van der Waals surface area contributed by atoms with E-state index in [1.54, 1.807) is 18.2 Å². The molecule has 0 aliphatic heterocycles. The molecule has 0 radical (unpaired) electrons. The lowest BCUT2D eigenvalue weighted by atomic mass is 10.1. The fraction of sp³-hybridized carbons (Fsp3) is 0.467. The number of carbonyl (C=O) groups is 2. The first-order valence-electron chi connectivity index (χ1n) is 6.92. The third kappa shape index (κ3) is 4.37. The van der Waals surface area contributed by atoms with Crippen LogP contribution in [0.3, 0.4) is 0 Å². The molecular formula is C15H22N2O4. The van der Waals surface area contributed by atoms with Crippen molar-refractivity contribution in [2.45, 2.75) is 20.3 Å².